The lowest BCUT2D eigenvalue weighted by molar-refractivity contribution is -0.137. The summed E-state index contributed by atoms with van der Waals surface area (Å²) in [6.07, 6.45) is 6.25. The normalized spacial score (nSPS) is 15.6. The summed E-state index contributed by atoms with van der Waals surface area (Å²) in [4.78, 5) is 15.7. The van der Waals surface area contributed by atoms with E-state index in [0.29, 0.717) is 0 Å². The quantitative estimate of drug-likeness (QED) is 0.929. The first kappa shape index (κ1) is 12.9. The second-order valence-corrected chi connectivity index (χ2v) is 5.28. The molecule has 1 heterocycles. The van der Waals surface area contributed by atoms with Crippen molar-refractivity contribution in [2.75, 3.05) is 0 Å². The molecule has 1 aliphatic carbocycles. The summed E-state index contributed by atoms with van der Waals surface area (Å²) in [7, 11) is 0. The number of rotatable bonds is 4. The van der Waals surface area contributed by atoms with E-state index in [1.54, 1.807) is 0 Å². The number of nitrogens with zero attached hydrogens (tertiary/aromatic N) is 2. The fourth-order valence-corrected chi connectivity index (χ4v) is 2.98. The maximum absolute atomic E-state index is 11.2. The smallest absolute Gasteiger partial charge is 0.305 e. The Morgan fingerprint density at radius 2 is 2.00 bits per heavy atom. The lowest BCUT2D eigenvalue weighted by Gasteiger charge is -2.22. The van der Waals surface area contributed by atoms with Gasteiger partial charge in [-0.2, -0.15) is 0 Å². The summed E-state index contributed by atoms with van der Waals surface area (Å²) in [5.41, 5.74) is 3.38. The predicted molar refractivity (Wildman–Crippen MR) is 75.7 cm³/mol. The van der Waals surface area contributed by atoms with Crippen LogP contribution in [0.5, 0.6) is 0 Å². The van der Waals surface area contributed by atoms with Crippen molar-refractivity contribution < 1.29 is 9.90 Å². The van der Waals surface area contributed by atoms with Gasteiger partial charge in [0.25, 0.3) is 0 Å². The molecule has 1 unspecified atom stereocenters. The average molecular weight is 270 g/mol. The van der Waals surface area contributed by atoms with E-state index in [9.17, 15) is 9.90 Å². The van der Waals surface area contributed by atoms with E-state index in [2.05, 4.69) is 9.55 Å². The van der Waals surface area contributed by atoms with Gasteiger partial charge in [0.15, 0.2) is 0 Å². The maximum atomic E-state index is 11.2. The molecule has 1 aromatic heterocycles. The summed E-state index contributed by atoms with van der Waals surface area (Å²) in [6, 6.07) is 9.67. The van der Waals surface area contributed by atoms with Gasteiger partial charge in [-0.3, -0.25) is 4.79 Å². The van der Waals surface area contributed by atoms with Gasteiger partial charge in [-0.15, -0.1) is 0 Å². The second-order valence-electron chi connectivity index (χ2n) is 5.28. The van der Waals surface area contributed by atoms with Gasteiger partial charge in [0.05, 0.1) is 24.5 Å². The number of benzene rings is 1. The summed E-state index contributed by atoms with van der Waals surface area (Å²) in [5.74, 6) is -0.780. The van der Waals surface area contributed by atoms with Gasteiger partial charge in [0.1, 0.15) is 0 Å². The zero-order chi connectivity index (χ0) is 13.9. The molecule has 3 rings (SSSR count). The van der Waals surface area contributed by atoms with Crippen molar-refractivity contribution in [2.45, 2.75) is 38.1 Å². The number of fused-ring (bicyclic) bond motifs is 1. The molecule has 1 aliphatic rings. The number of hydrogen-bond donors (Lipinski definition) is 1. The molecule has 1 aromatic carbocycles. The molecule has 4 heteroatoms. The number of aryl methyl sites for hydroxylation is 1. The first-order valence-corrected chi connectivity index (χ1v) is 7.07. The number of carbonyl (C=O) groups is 1. The van der Waals surface area contributed by atoms with Crippen LogP contribution in [-0.4, -0.2) is 20.6 Å². The van der Waals surface area contributed by atoms with Crippen LogP contribution in [0.15, 0.2) is 36.7 Å². The van der Waals surface area contributed by atoms with Crippen LogP contribution in [0.3, 0.4) is 0 Å². The fraction of sp³-hybridized carbons (Fsp3) is 0.375. The summed E-state index contributed by atoms with van der Waals surface area (Å²) in [5, 5.41) is 9.21. The van der Waals surface area contributed by atoms with Gasteiger partial charge in [-0.1, -0.05) is 30.3 Å². The van der Waals surface area contributed by atoms with Crippen molar-refractivity contribution in [1.82, 2.24) is 9.55 Å². The highest BCUT2D eigenvalue weighted by Gasteiger charge is 2.23. The van der Waals surface area contributed by atoms with Crippen molar-refractivity contribution in [1.29, 1.82) is 0 Å². The number of carboxylic acids is 1. The van der Waals surface area contributed by atoms with E-state index in [1.807, 2.05) is 36.7 Å². The minimum absolute atomic E-state index is 0.0901. The minimum atomic E-state index is -0.780. The Labute approximate surface area is 118 Å². The molecule has 104 valence electrons. The minimum Gasteiger partial charge on any atom is -0.481 e. The van der Waals surface area contributed by atoms with E-state index in [-0.39, 0.29) is 12.5 Å². The van der Waals surface area contributed by atoms with Crippen LogP contribution >= 0.6 is 0 Å². The Bertz CT molecular complexity index is 604. The highest BCUT2D eigenvalue weighted by Crippen LogP contribution is 2.28. The van der Waals surface area contributed by atoms with Crippen LogP contribution in [0.25, 0.3) is 0 Å². The van der Waals surface area contributed by atoms with E-state index < -0.39 is 5.97 Å². The van der Waals surface area contributed by atoms with Gasteiger partial charge in [0, 0.05) is 5.69 Å². The van der Waals surface area contributed by atoms with Crippen LogP contribution in [0, 0.1) is 0 Å². The van der Waals surface area contributed by atoms with Crippen molar-refractivity contribution in [2.24, 2.45) is 0 Å². The van der Waals surface area contributed by atoms with Crippen LogP contribution in [-0.2, 0) is 17.6 Å². The number of hydrogen-bond acceptors (Lipinski definition) is 2. The van der Waals surface area contributed by atoms with E-state index in [1.165, 1.54) is 12.1 Å². The number of imidazole rings is 1. The molecule has 1 N–H and O–H groups in total. The average Bonchev–Trinajstić information content (AvgIpc) is 2.89. The standard InChI is InChI=1S/C16H18N2O2/c19-16(20)10-15(12-6-2-1-3-7-12)18-11-17-13-8-4-5-9-14(13)18/h1-3,6-7,11,15H,4-5,8-10H2,(H,19,20). The van der Waals surface area contributed by atoms with Crippen LogP contribution in [0.2, 0.25) is 0 Å². The van der Waals surface area contributed by atoms with E-state index >= 15 is 0 Å². The lowest BCUT2D eigenvalue weighted by atomic mass is 9.98. The summed E-state index contributed by atoms with van der Waals surface area (Å²) >= 11 is 0. The largest absolute Gasteiger partial charge is 0.481 e. The summed E-state index contributed by atoms with van der Waals surface area (Å²) < 4.78 is 2.07. The SMILES string of the molecule is O=C(O)CC(c1ccccc1)n1cnc2c1CCCC2. The third kappa shape index (κ3) is 2.46. The van der Waals surface area contributed by atoms with Gasteiger partial charge >= 0.3 is 5.97 Å². The fourth-order valence-electron chi connectivity index (χ4n) is 2.98. The topological polar surface area (TPSA) is 55.1 Å². The number of carboxylic acid groups (broad SMARTS) is 1. The molecule has 0 saturated carbocycles. The predicted octanol–water partition coefficient (Wildman–Crippen LogP) is 2.83. The molecule has 0 spiro atoms. The van der Waals surface area contributed by atoms with Crippen molar-refractivity contribution in [3.05, 3.63) is 53.6 Å². The van der Waals surface area contributed by atoms with Crippen LogP contribution < -0.4 is 0 Å². The monoisotopic (exact) mass is 270 g/mol. The van der Waals surface area contributed by atoms with Crippen LogP contribution in [0.4, 0.5) is 0 Å². The first-order valence-electron chi connectivity index (χ1n) is 7.07. The Morgan fingerprint density at radius 1 is 1.25 bits per heavy atom. The molecule has 20 heavy (non-hydrogen) atoms. The maximum Gasteiger partial charge on any atom is 0.305 e. The third-order valence-corrected chi connectivity index (χ3v) is 3.95. The highest BCUT2D eigenvalue weighted by molar-refractivity contribution is 5.68. The molecule has 4 nitrogen and oxygen atoms in total. The van der Waals surface area contributed by atoms with Crippen molar-refractivity contribution >= 4 is 5.97 Å². The van der Waals surface area contributed by atoms with Crippen molar-refractivity contribution in [3.63, 3.8) is 0 Å². The Hall–Kier alpha value is -2.10. The van der Waals surface area contributed by atoms with E-state index in [4.69, 9.17) is 0 Å². The molecule has 0 amide bonds. The first-order chi connectivity index (χ1) is 9.75. The van der Waals surface area contributed by atoms with Gasteiger partial charge < -0.3 is 9.67 Å². The molecule has 0 fully saturated rings. The second kappa shape index (κ2) is 5.49. The molecule has 2 aromatic rings. The van der Waals surface area contributed by atoms with Gasteiger partial charge in [-0.25, -0.2) is 4.98 Å². The molecule has 0 aliphatic heterocycles. The zero-order valence-electron chi connectivity index (χ0n) is 11.3. The molecule has 0 radical (unpaired) electrons. The van der Waals surface area contributed by atoms with Crippen molar-refractivity contribution in [3.8, 4) is 0 Å². The zero-order valence-corrected chi connectivity index (χ0v) is 11.3. The summed E-state index contributed by atoms with van der Waals surface area (Å²) in [6.45, 7) is 0. The number of aliphatic carboxylic acids is 1. The Balaban J connectivity index is 2.01. The molecular formula is C16H18N2O2. The molecule has 0 saturated heterocycles. The third-order valence-electron chi connectivity index (χ3n) is 3.95. The van der Waals surface area contributed by atoms with E-state index in [0.717, 1.165) is 30.5 Å². The molecular weight excluding hydrogens is 252 g/mol. The molecule has 0 bridgehead atoms. The van der Waals surface area contributed by atoms with Crippen LogP contribution in [0.1, 0.15) is 42.3 Å². The Kier molecular flexibility index (Phi) is 3.54. The molecule has 1 atom stereocenters. The van der Waals surface area contributed by atoms with Gasteiger partial charge in [-0.05, 0) is 31.2 Å². The lowest BCUT2D eigenvalue weighted by Crippen LogP contribution is -2.18. The number of aromatic nitrogens is 2. The van der Waals surface area contributed by atoms with Gasteiger partial charge in [0.2, 0.25) is 0 Å². The Morgan fingerprint density at radius 3 is 2.75 bits per heavy atom. The highest BCUT2D eigenvalue weighted by atomic mass is 16.4.